The summed E-state index contributed by atoms with van der Waals surface area (Å²) in [5.41, 5.74) is 1.46. The standard InChI is InChI=1S/C18H23N5O/c1-3-15-10-7-11-22(13-15)18(24)17(23-14(2)19-20-21-23)12-16-8-5-4-6-9-16/h4-6,8-9,12,15H,3,7,10-11,13H2,1-2H3/b17-12+/t15-/m1/s1. The van der Waals surface area contributed by atoms with Crippen LogP contribution in [0.3, 0.4) is 0 Å². The van der Waals surface area contributed by atoms with Gasteiger partial charge in [-0.25, -0.2) is 0 Å². The van der Waals surface area contributed by atoms with E-state index in [1.807, 2.05) is 41.3 Å². The van der Waals surface area contributed by atoms with Crippen LogP contribution in [0.1, 0.15) is 37.6 Å². The Morgan fingerprint density at radius 2 is 2.12 bits per heavy atom. The van der Waals surface area contributed by atoms with Crippen molar-refractivity contribution in [1.82, 2.24) is 25.1 Å². The van der Waals surface area contributed by atoms with Crippen molar-refractivity contribution in [3.05, 3.63) is 41.7 Å². The molecule has 1 aromatic carbocycles. The van der Waals surface area contributed by atoms with E-state index < -0.39 is 0 Å². The maximum absolute atomic E-state index is 13.2. The molecule has 0 aliphatic carbocycles. The maximum Gasteiger partial charge on any atom is 0.272 e. The second kappa shape index (κ2) is 7.38. The summed E-state index contributed by atoms with van der Waals surface area (Å²) in [5, 5.41) is 11.6. The van der Waals surface area contributed by atoms with E-state index in [2.05, 4.69) is 22.4 Å². The first-order valence-corrected chi connectivity index (χ1v) is 8.50. The fraction of sp³-hybridized carbons (Fsp3) is 0.444. The Bertz CT molecular complexity index is 722. The molecular formula is C18H23N5O. The monoisotopic (exact) mass is 325 g/mol. The number of nitrogens with zero attached hydrogens (tertiary/aromatic N) is 5. The Morgan fingerprint density at radius 1 is 1.33 bits per heavy atom. The van der Waals surface area contributed by atoms with Gasteiger partial charge in [-0.15, -0.1) is 5.10 Å². The first-order valence-electron chi connectivity index (χ1n) is 8.50. The SMILES string of the molecule is CC[C@@H]1CCCN(C(=O)/C(=C\c2ccccc2)n2nnnc2C)C1. The lowest BCUT2D eigenvalue weighted by molar-refractivity contribution is -0.127. The molecule has 6 heteroatoms. The highest BCUT2D eigenvalue weighted by molar-refractivity contribution is 6.18. The van der Waals surface area contributed by atoms with Crippen molar-refractivity contribution in [2.24, 2.45) is 5.92 Å². The number of hydrogen-bond donors (Lipinski definition) is 0. The molecule has 0 spiro atoms. The first kappa shape index (κ1) is 16.4. The number of aryl methyl sites for hydroxylation is 1. The van der Waals surface area contributed by atoms with E-state index in [0.717, 1.165) is 31.5 Å². The molecule has 0 radical (unpaired) electrons. The van der Waals surface area contributed by atoms with Crippen LogP contribution in [0.25, 0.3) is 11.8 Å². The van der Waals surface area contributed by atoms with E-state index in [-0.39, 0.29) is 5.91 Å². The van der Waals surface area contributed by atoms with Gasteiger partial charge in [0.05, 0.1) is 0 Å². The summed E-state index contributed by atoms with van der Waals surface area (Å²) in [6, 6.07) is 9.80. The number of carbonyl (C=O) groups excluding carboxylic acids is 1. The Morgan fingerprint density at radius 3 is 2.79 bits per heavy atom. The first-order chi connectivity index (χ1) is 11.7. The van der Waals surface area contributed by atoms with Gasteiger partial charge in [0.25, 0.3) is 5.91 Å². The van der Waals surface area contributed by atoms with E-state index in [4.69, 9.17) is 0 Å². The van der Waals surface area contributed by atoms with Crippen molar-refractivity contribution >= 4 is 17.7 Å². The van der Waals surface area contributed by atoms with Crippen molar-refractivity contribution in [2.75, 3.05) is 13.1 Å². The summed E-state index contributed by atoms with van der Waals surface area (Å²) >= 11 is 0. The van der Waals surface area contributed by atoms with Crippen LogP contribution in [0.2, 0.25) is 0 Å². The zero-order valence-electron chi connectivity index (χ0n) is 14.2. The van der Waals surface area contributed by atoms with Gasteiger partial charge in [-0.05, 0) is 47.7 Å². The highest BCUT2D eigenvalue weighted by Crippen LogP contribution is 2.23. The molecule has 6 nitrogen and oxygen atoms in total. The van der Waals surface area contributed by atoms with Gasteiger partial charge in [-0.1, -0.05) is 43.7 Å². The average molecular weight is 325 g/mol. The zero-order valence-corrected chi connectivity index (χ0v) is 14.2. The van der Waals surface area contributed by atoms with E-state index in [0.29, 0.717) is 17.4 Å². The molecule has 1 aliphatic rings. The number of piperidine rings is 1. The molecule has 0 N–H and O–H groups in total. The third kappa shape index (κ3) is 3.53. The highest BCUT2D eigenvalue weighted by atomic mass is 16.2. The molecule has 1 aromatic heterocycles. The van der Waals surface area contributed by atoms with E-state index in [9.17, 15) is 4.79 Å². The number of hydrogen-bond acceptors (Lipinski definition) is 4. The summed E-state index contributed by atoms with van der Waals surface area (Å²) in [6.45, 7) is 5.59. The summed E-state index contributed by atoms with van der Waals surface area (Å²) in [4.78, 5) is 15.1. The Balaban J connectivity index is 1.94. The fourth-order valence-corrected chi connectivity index (χ4v) is 3.12. The Hall–Kier alpha value is -2.50. The van der Waals surface area contributed by atoms with Crippen molar-refractivity contribution in [2.45, 2.75) is 33.1 Å². The number of tetrazole rings is 1. The van der Waals surface area contributed by atoms with Crippen LogP contribution in [-0.2, 0) is 4.79 Å². The lowest BCUT2D eigenvalue weighted by atomic mass is 9.95. The van der Waals surface area contributed by atoms with Crippen LogP contribution in [0.15, 0.2) is 30.3 Å². The van der Waals surface area contributed by atoms with Gasteiger partial charge in [0.15, 0.2) is 5.82 Å². The summed E-state index contributed by atoms with van der Waals surface area (Å²) < 4.78 is 1.53. The molecule has 3 rings (SSSR count). The Labute approximate surface area is 142 Å². The average Bonchev–Trinajstić information content (AvgIpc) is 3.06. The van der Waals surface area contributed by atoms with Crippen molar-refractivity contribution in [1.29, 1.82) is 0 Å². The normalized spacial score (nSPS) is 18.7. The largest absolute Gasteiger partial charge is 0.337 e. The van der Waals surface area contributed by atoms with Crippen molar-refractivity contribution < 1.29 is 4.79 Å². The molecule has 2 aromatic rings. The highest BCUT2D eigenvalue weighted by Gasteiger charge is 2.27. The molecule has 2 heterocycles. The van der Waals surface area contributed by atoms with Gasteiger partial charge in [0, 0.05) is 13.1 Å². The summed E-state index contributed by atoms with van der Waals surface area (Å²) in [6.07, 6.45) is 5.21. The molecule has 1 amide bonds. The molecule has 1 atom stereocenters. The number of carbonyl (C=O) groups is 1. The molecule has 24 heavy (non-hydrogen) atoms. The number of amides is 1. The second-order valence-electron chi connectivity index (χ2n) is 6.25. The smallest absolute Gasteiger partial charge is 0.272 e. The maximum atomic E-state index is 13.2. The van der Waals surface area contributed by atoms with Gasteiger partial charge >= 0.3 is 0 Å². The molecule has 1 saturated heterocycles. The zero-order chi connectivity index (χ0) is 16.9. The molecule has 1 aliphatic heterocycles. The van der Waals surface area contributed by atoms with Crippen LogP contribution < -0.4 is 0 Å². The minimum Gasteiger partial charge on any atom is -0.337 e. The number of benzene rings is 1. The summed E-state index contributed by atoms with van der Waals surface area (Å²) in [7, 11) is 0. The quantitative estimate of drug-likeness (QED) is 0.811. The van der Waals surface area contributed by atoms with Gasteiger partial charge < -0.3 is 4.90 Å². The minimum atomic E-state index is -0.00703. The van der Waals surface area contributed by atoms with Crippen LogP contribution in [0.4, 0.5) is 0 Å². The van der Waals surface area contributed by atoms with Crippen LogP contribution in [0.5, 0.6) is 0 Å². The van der Waals surface area contributed by atoms with Gasteiger partial charge in [-0.3, -0.25) is 4.79 Å². The molecular weight excluding hydrogens is 302 g/mol. The van der Waals surface area contributed by atoms with Gasteiger partial charge in [0.2, 0.25) is 0 Å². The minimum absolute atomic E-state index is 0.00703. The topological polar surface area (TPSA) is 63.9 Å². The summed E-state index contributed by atoms with van der Waals surface area (Å²) in [5.74, 6) is 1.18. The second-order valence-corrected chi connectivity index (χ2v) is 6.25. The lowest BCUT2D eigenvalue weighted by Gasteiger charge is -2.32. The number of likely N-dealkylation sites (tertiary alicyclic amines) is 1. The molecule has 1 fully saturated rings. The molecule has 0 bridgehead atoms. The van der Waals surface area contributed by atoms with Gasteiger partial charge in [-0.2, -0.15) is 4.68 Å². The van der Waals surface area contributed by atoms with Crippen LogP contribution in [-0.4, -0.2) is 44.1 Å². The van der Waals surface area contributed by atoms with Crippen LogP contribution in [0, 0.1) is 12.8 Å². The van der Waals surface area contributed by atoms with E-state index >= 15 is 0 Å². The van der Waals surface area contributed by atoms with Gasteiger partial charge in [0.1, 0.15) is 5.70 Å². The van der Waals surface area contributed by atoms with E-state index in [1.54, 1.807) is 6.92 Å². The molecule has 0 saturated carbocycles. The number of rotatable bonds is 4. The molecule has 0 unspecified atom stereocenters. The predicted octanol–water partition coefficient (Wildman–Crippen LogP) is 2.63. The third-order valence-electron chi connectivity index (χ3n) is 4.56. The predicted molar refractivity (Wildman–Crippen MR) is 92.8 cm³/mol. The number of aromatic nitrogens is 4. The third-order valence-corrected chi connectivity index (χ3v) is 4.56. The van der Waals surface area contributed by atoms with Crippen molar-refractivity contribution in [3.8, 4) is 0 Å². The van der Waals surface area contributed by atoms with Crippen LogP contribution >= 0.6 is 0 Å². The van der Waals surface area contributed by atoms with Crippen molar-refractivity contribution in [3.63, 3.8) is 0 Å². The van der Waals surface area contributed by atoms with E-state index in [1.165, 1.54) is 11.1 Å². The fourth-order valence-electron chi connectivity index (χ4n) is 3.12. The Kier molecular flexibility index (Phi) is 5.03. The lowest BCUT2D eigenvalue weighted by Crippen LogP contribution is -2.41. The molecule has 126 valence electrons.